The lowest BCUT2D eigenvalue weighted by molar-refractivity contribution is -0.0813. The van der Waals surface area contributed by atoms with Crippen LogP contribution in [0, 0.1) is 35.5 Å². The summed E-state index contributed by atoms with van der Waals surface area (Å²) in [6.07, 6.45) is 4.28. The molecule has 2 aliphatic rings. The van der Waals surface area contributed by atoms with Gasteiger partial charge in [0.05, 0.1) is 0 Å². The second-order valence-corrected chi connectivity index (χ2v) is 27.1. The van der Waals surface area contributed by atoms with E-state index in [1.54, 1.807) is 5.57 Å². The molecule has 230 valence electrons. The normalized spacial score (nSPS) is 31.3. The van der Waals surface area contributed by atoms with Gasteiger partial charge in [-0.2, -0.15) is 0 Å². The summed E-state index contributed by atoms with van der Waals surface area (Å²) in [5.74, 6) is 3.96. The van der Waals surface area contributed by atoms with Gasteiger partial charge < -0.3 is 8.85 Å². The minimum atomic E-state index is -1.93. The highest BCUT2D eigenvalue weighted by Crippen LogP contribution is 2.56. The third kappa shape index (κ3) is 6.98. The number of rotatable bonds is 12. The maximum atomic E-state index is 7.65. The van der Waals surface area contributed by atoms with Gasteiger partial charge in [0.15, 0.2) is 8.32 Å². The van der Waals surface area contributed by atoms with Crippen LogP contribution in [0.2, 0.25) is 33.2 Å². The SMILES string of the molecule is C/C(=C\I)[C@H]1[C@@H](CO[Si](C(C)C)(C(C)C)C(C)C)[C@H]2[C@@H](C[C@H]1C)[C@@H](O[Si](C(C)C)(C(C)C)C(C)C)CC[C@@H]2C. The van der Waals surface area contributed by atoms with Crippen LogP contribution in [0.15, 0.2) is 9.66 Å². The fourth-order valence-electron chi connectivity index (χ4n) is 10.4. The van der Waals surface area contributed by atoms with E-state index in [-0.39, 0.29) is 0 Å². The monoisotopic (exact) mass is 690 g/mol. The fourth-order valence-corrected chi connectivity index (χ4v) is 22.0. The molecular formula is C34H67IO2Si2. The van der Waals surface area contributed by atoms with Crippen molar-refractivity contribution >= 4 is 39.2 Å². The van der Waals surface area contributed by atoms with Gasteiger partial charge in [-0.05, 0) is 99.0 Å². The molecule has 2 rings (SSSR count). The van der Waals surface area contributed by atoms with Gasteiger partial charge in [0, 0.05) is 12.7 Å². The molecule has 0 spiro atoms. The summed E-state index contributed by atoms with van der Waals surface area (Å²) in [7, 11) is -3.87. The van der Waals surface area contributed by atoms with E-state index < -0.39 is 16.6 Å². The van der Waals surface area contributed by atoms with E-state index in [9.17, 15) is 0 Å². The molecule has 0 aromatic rings. The van der Waals surface area contributed by atoms with Gasteiger partial charge in [-0.15, -0.1) is 0 Å². The van der Waals surface area contributed by atoms with Gasteiger partial charge >= 0.3 is 0 Å². The Labute approximate surface area is 261 Å². The lowest BCUT2D eigenvalue weighted by Gasteiger charge is -2.57. The number of halogens is 1. The molecule has 0 amide bonds. The zero-order valence-electron chi connectivity index (χ0n) is 28.6. The summed E-state index contributed by atoms with van der Waals surface area (Å²) in [6, 6.07) is 0. The number of fused-ring (bicyclic) bond motifs is 1. The molecule has 2 aliphatic carbocycles. The predicted molar refractivity (Wildman–Crippen MR) is 187 cm³/mol. The minimum Gasteiger partial charge on any atom is -0.416 e. The Morgan fingerprint density at radius 1 is 0.744 bits per heavy atom. The van der Waals surface area contributed by atoms with Crippen LogP contribution in [0.5, 0.6) is 0 Å². The van der Waals surface area contributed by atoms with Gasteiger partial charge in [0.1, 0.15) is 0 Å². The Hall–Kier alpha value is 0.824. The van der Waals surface area contributed by atoms with E-state index in [0.29, 0.717) is 68.9 Å². The maximum absolute atomic E-state index is 7.65. The fraction of sp³-hybridized carbons (Fsp3) is 0.941. The van der Waals surface area contributed by atoms with Gasteiger partial charge in [-0.3, -0.25) is 0 Å². The van der Waals surface area contributed by atoms with Crippen molar-refractivity contribution in [2.45, 2.75) is 162 Å². The zero-order chi connectivity index (χ0) is 30.0. The van der Waals surface area contributed by atoms with Gasteiger partial charge in [-0.25, -0.2) is 0 Å². The molecule has 2 saturated carbocycles. The number of hydrogen-bond donors (Lipinski definition) is 0. The average molecular weight is 691 g/mol. The maximum Gasteiger partial charge on any atom is 0.200 e. The summed E-state index contributed by atoms with van der Waals surface area (Å²) in [5.41, 5.74) is 5.38. The van der Waals surface area contributed by atoms with Crippen molar-refractivity contribution in [1.29, 1.82) is 0 Å². The van der Waals surface area contributed by atoms with Crippen molar-refractivity contribution in [2.24, 2.45) is 35.5 Å². The highest BCUT2D eigenvalue weighted by molar-refractivity contribution is 14.1. The summed E-state index contributed by atoms with van der Waals surface area (Å²) in [6.45, 7) is 37.8. The Morgan fingerprint density at radius 2 is 1.21 bits per heavy atom. The lowest BCUT2D eigenvalue weighted by Crippen LogP contribution is -2.57. The van der Waals surface area contributed by atoms with Crippen molar-refractivity contribution in [3.63, 3.8) is 0 Å². The molecule has 7 atom stereocenters. The second kappa shape index (κ2) is 14.5. The summed E-state index contributed by atoms with van der Waals surface area (Å²) >= 11 is 2.50. The first-order chi connectivity index (χ1) is 18.0. The number of allylic oxidation sites excluding steroid dienone is 1. The Balaban J connectivity index is 2.56. The summed E-state index contributed by atoms with van der Waals surface area (Å²) in [4.78, 5) is 0. The summed E-state index contributed by atoms with van der Waals surface area (Å²) in [5, 5.41) is 0. The third-order valence-electron chi connectivity index (χ3n) is 11.7. The Kier molecular flexibility index (Phi) is 13.4. The highest BCUT2D eigenvalue weighted by atomic mass is 127. The Bertz CT molecular complexity index is 747. The van der Waals surface area contributed by atoms with Crippen molar-refractivity contribution in [2.75, 3.05) is 6.61 Å². The van der Waals surface area contributed by atoms with Crippen molar-refractivity contribution in [3.05, 3.63) is 9.66 Å². The first-order valence-corrected chi connectivity index (χ1v) is 22.1. The molecule has 0 aromatic carbocycles. The first kappa shape index (κ1) is 36.0. The molecule has 0 N–H and O–H groups in total. The summed E-state index contributed by atoms with van der Waals surface area (Å²) < 4.78 is 17.5. The molecule has 2 nitrogen and oxygen atoms in total. The van der Waals surface area contributed by atoms with Crippen LogP contribution in [-0.4, -0.2) is 29.3 Å². The van der Waals surface area contributed by atoms with Gasteiger partial charge in [0.25, 0.3) is 0 Å². The standard InChI is InChI=1S/C34H67IO2Si2/c1-21(2)38(22(3)4,23(5)6)36-20-31-33(29(15)19-35)28(14)18-30-32(17-16-27(13)34(30)31)37-39(24(7)8,25(9)10)26(11)12/h19,21-28,30-34H,16-18,20H2,1-15H3/b29-19+/t27-,28+,30-,31+,32-,33-,34+/m0/s1. The number of hydrogen-bond acceptors (Lipinski definition) is 2. The predicted octanol–water partition coefficient (Wildman–Crippen LogP) is 12.0. The van der Waals surface area contributed by atoms with E-state index in [2.05, 4.69) is 131 Å². The molecule has 0 bridgehead atoms. The first-order valence-electron chi connectivity index (χ1n) is 16.6. The van der Waals surface area contributed by atoms with Crippen LogP contribution in [0.1, 0.15) is 123 Å². The van der Waals surface area contributed by atoms with Crippen molar-refractivity contribution in [3.8, 4) is 0 Å². The van der Waals surface area contributed by atoms with Crippen LogP contribution in [0.3, 0.4) is 0 Å². The van der Waals surface area contributed by atoms with E-state index in [0.717, 1.165) is 12.5 Å². The molecule has 0 unspecified atom stereocenters. The molecule has 0 heterocycles. The van der Waals surface area contributed by atoms with Crippen LogP contribution in [0.4, 0.5) is 0 Å². The van der Waals surface area contributed by atoms with E-state index in [1.807, 2.05) is 0 Å². The molecule has 2 fully saturated rings. The molecular weight excluding hydrogens is 623 g/mol. The molecule has 0 aliphatic heterocycles. The van der Waals surface area contributed by atoms with E-state index in [4.69, 9.17) is 8.85 Å². The lowest BCUT2D eigenvalue weighted by atomic mass is 9.54. The highest BCUT2D eigenvalue weighted by Gasteiger charge is 2.55. The van der Waals surface area contributed by atoms with Crippen LogP contribution < -0.4 is 0 Å². The molecule has 0 saturated heterocycles. The van der Waals surface area contributed by atoms with Crippen LogP contribution >= 0.6 is 22.6 Å². The van der Waals surface area contributed by atoms with Crippen molar-refractivity contribution < 1.29 is 8.85 Å². The van der Waals surface area contributed by atoms with Gasteiger partial charge in [-0.1, -0.05) is 125 Å². The van der Waals surface area contributed by atoms with E-state index >= 15 is 0 Å². The third-order valence-corrected chi connectivity index (χ3v) is 24.9. The molecule has 0 radical (unpaired) electrons. The van der Waals surface area contributed by atoms with E-state index in [1.165, 1.54) is 19.3 Å². The topological polar surface area (TPSA) is 18.5 Å². The van der Waals surface area contributed by atoms with Crippen LogP contribution in [0.25, 0.3) is 0 Å². The largest absolute Gasteiger partial charge is 0.416 e. The molecule has 5 heteroatoms. The Morgan fingerprint density at radius 3 is 1.62 bits per heavy atom. The molecule has 0 aromatic heterocycles. The molecule has 39 heavy (non-hydrogen) atoms. The minimum absolute atomic E-state index is 0.419. The van der Waals surface area contributed by atoms with Crippen LogP contribution in [-0.2, 0) is 8.85 Å². The average Bonchev–Trinajstić information content (AvgIpc) is 2.81. The van der Waals surface area contributed by atoms with Crippen molar-refractivity contribution in [1.82, 2.24) is 0 Å². The second-order valence-electron chi connectivity index (χ2n) is 15.7. The smallest absolute Gasteiger partial charge is 0.200 e. The zero-order valence-corrected chi connectivity index (χ0v) is 32.8. The van der Waals surface area contributed by atoms with Gasteiger partial charge in [0.2, 0.25) is 8.32 Å². The quantitative estimate of drug-likeness (QED) is 0.150.